The predicted octanol–water partition coefficient (Wildman–Crippen LogP) is -0.269. The van der Waals surface area contributed by atoms with Crippen molar-refractivity contribution in [3.63, 3.8) is 0 Å². The van der Waals surface area contributed by atoms with Crippen molar-refractivity contribution in [1.29, 1.82) is 0 Å². The second kappa shape index (κ2) is 5.12. The lowest BCUT2D eigenvalue weighted by molar-refractivity contribution is 0.818. The van der Waals surface area contributed by atoms with E-state index in [-0.39, 0.29) is 5.56 Å². The zero-order valence-electron chi connectivity index (χ0n) is 7.42. The van der Waals surface area contributed by atoms with Crippen LogP contribution in [0.2, 0.25) is 0 Å². The molecule has 0 unspecified atom stereocenters. The molecule has 4 nitrogen and oxygen atoms in total. The average Bonchev–Trinajstić information content (AvgIpc) is 2.15. The summed E-state index contributed by atoms with van der Waals surface area (Å²) >= 11 is 0. The second-order valence-electron chi connectivity index (χ2n) is 2.45. The number of hydrogen-bond donors (Lipinski definition) is 2. The number of nitrogens with one attached hydrogen (secondary N) is 2. The van der Waals surface area contributed by atoms with Gasteiger partial charge >= 0.3 is 0 Å². The van der Waals surface area contributed by atoms with Gasteiger partial charge in [0.1, 0.15) is 5.56 Å². The van der Waals surface area contributed by atoms with Gasteiger partial charge in [-0.15, -0.1) is 0 Å². The van der Waals surface area contributed by atoms with E-state index in [1.54, 1.807) is 0 Å². The number of aromatic nitrogens is 2. The molecule has 0 atom stereocenters. The molecular formula is C9H11N3O. The molecule has 1 heterocycles. The molecule has 1 rings (SSSR count). The molecule has 0 aliphatic rings. The molecule has 0 aliphatic carbocycles. The maximum atomic E-state index is 11.1. The van der Waals surface area contributed by atoms with Crippen molar-refractivity contribution in [3.8, 4) is 11.8 Å². The lowest BCUT2D eigenvalue weighted by atomic mass is 10.3. The zero-order valence-corrected chi connectivity index (χ0v) is 7.42. The first-order valence-corrected chi connectivity index (χ1v) is 4.00. The zero-order chi connectivity index (χ0) is 9.52. The Balaban J connectivity index is 2.67. The molecule has 0 fully saturated rings. The molecule has 0 saturated carbocycles. The van der Waals surface area contributed by atoms with E-state index in [4.69, 9.17) is 0 Å². The molecule has 0 aliphatic heterocycles. The second-order valence-corrected chi connectivity index (χ2v) is 2.45. The van der Waals surface area contributed by atoms with Crippen LogP contribution in [0.3, 0.4) is 0 Å². The maximum absolute atomic E-state index is 11.1. The van der Waals surface area contributed by atoms with Crippen molar-refractivity contribution < 1.29 is 0 Å². The third kappa shape index (κ3) is 3.09. The molecule has 0 saturated heterocycles. The monoisotopic (exact) mass is 177 g/mol. The lowest BCUT2D eigenvalue weighted by Gasteiger charge is -1.88. The minimum atomic E-state index is -0.188. The summed E-state index contributed by atoms with van der Waals surface area (Å²) in [6, 6.07) is 0. The number of hydrogen-bond acceptors (Lipinski definition) is 3. The molecule has 0 amide bonds. The summed E-state index contributed by atoms with van der Waals surface area (Å²) < 4.78 is 0. The molecule has 4 heteroatoms. The Morgan fingerprint density at radius 3 is 3.23 bits per heavy atom. The lowest BCUT2D eigenvalue weighted by Crippen LogP contribution is -2.09. The van der Waals surface area contributed by atoms with Crippen molar-refractivity contribution in [2.45, 2.75) is 6.42 Å². The molecule has 0 aromatic carbocycles. The van der Waals surface area contributed by atoms with Gasteiger partial charge in [-0.1, -0.05) is 11.8 Å². The van der Waals surface area contributed by atoms with Crippen molar-refractivity contribution >= 4 is 0 Å². The third-order valence-electron chi connectivity index (χ3n) is 1.44. The van der Waals surface area contributed by atoms with E-state index in [9.17, 15) is 4.79 Å². The third-order valence-corrected chi connectivity index (χ3v) is 1.44. The van der Waals surface area contributed by atoms with Gasteiger partial charge in [0.15, 0.2) is 0 Å². The van der Waals surface area contributed by atoms with Crippen molar-refractivity contribution in [3.05, 3.63) is 28.4 Å². The van der Waals surface area contributed by atoms with E-state index in [1.807, 2.05) is 7.05 Å². The Kier molecular flexibility index (Phi) is 3.74. The minimum absolute atomic E-state index is 0.188. The SMILES string of the molecule is CNCCC#Cc1cnc[nH]c1=O. The van der Waals surface area contributed by atoms with Crippen LogP contribution in [-0.4, -0.2) is 23.6 Å². The summed E-state index contributed by atoms with van der Waals surface area (Å²) in [5, 5.41) is 2.96. The molecule has 68 valence electrons. The molecule has 0 spiro atoms. The summed E-state index contributed by atoms with van der Waals surface area (Å²) in [5.41, 5.74) is 0.227. The van der Waals surface area contributed by atoms with Gasteiger partial charge in [0.25, 0.3) is 5.56 Å². The highest BCUT2D eigenvalue weighted by Gasteiger charge is 1.90. The highest BCUT2D eigenvalue weighted by molar-refractivity contribution is 5.28. The molecule has 1 aromatic heterocycles. The largest absolute Gasteiger partial charge is 0.319 e. The Labute approximate surface area is 76.4 Å². The van der Waals surface area contributed by atoms with Crippen molar-refractivity contribution in [1.82, 2.24) is 15.3 Å². The predicted molar refractivity (Wildman–Crippen MR) is 50.3 cm³/mol. The molecule has 1 aromatic rings. The summed E-state index contributed by atoms with van der Waals surface area (Å²) in [6.45, 7) is 0.825. The molecule has 13 heavy (non-hydrogen) atoms. The Morgan fingerprint density at radius 2 is 2.54 bits per heavy atom. The van der Waals surface area contributed by atoms with Gasteiger partial charge < -0.3 is 10.3 Å². The maximum Gasteiger partial charge on any atom is 0.266 e. The number of nitrogens with zero attached hydrogens (tertiary/aromatic N) is 1. The number of H-pyrrole nitrogens is 1. The van der Waals surface area contributed by atoms with Crippen LogP contribution in [0.5, 0.6) is 0 Å². The van der Waals surface area contributed by atoms with Gasteiger partial charge in [-0.05, 0) is 7.05 Å². The van der Waals surface area contributed by atoms with Crippen LogP contribution in [0.15, 0.2) is 17.3 Å². The molecule has 0 radical (unpaired) electrons. The van der Waals surface area contributed by atoms with Crippen LogP contribution in [0.1, 0.15) is 12.0 Å². The van der Waals surface area contributed by atoms with Gasteiger partial charge in [-0.25, -0.2) is 4.98 Å². The summed E-state index contributed by atoms with van der Waals surface area (Å²) in [6.07, 6.45) is 3.54. The van der Waals surface area contributed by atoms with Crippen LogP contribution < -0.4 is 10.9 Å². The fraction of sp³-hybridized carbons (Fsp3) is 0.333. The van der Waals surface area contributed by atoms with Gasteiger partial charge in [-0.2, -0.15) is 0 Å². The topological polar surface area (TPSA) is 57.8 Å². The number of aromatic amines is 1. The summed E-state index contributed by atoms with van der Waals surface area (Å²) in [4.78, 5) is 17.3. The quantitative estimate of drug-likeness (QED) is 0.483. The van der Waals surface area contributed by atoms with Crippen LogP contribution in [0.4, 0.5) is 0 Å². The Bertz CT molecular complexity index is 372. The van der Waals surface area contributed by atoms with Gasteiger partial charge in [0.05, 0.1) is 6.33 Å². The van der Waals surface area contributed by atoms with Gasteiger partial charge in [0, 0.05) is 19.2 Å². The summed E-state index contributed by atoms with van der Waals surface area (Å²) in [5.74, 6) is 5.62. The first-order valence-electron chi connectivity index (χ1n) is 4.00. The highest BCUT2D eigenvalue weighted by atomic mass is 16.1. The molecule has 2 N–H and O–H groups in total. The first kappa shape index (κ1) is 9.49. The van der Waals surface area contributed by atoms with Gasteiger partial charge in [-0.3, -0.25) is 4.79 Å². The average molecular weight is 177 g/mol. The van der Waals surface area contributed by atoms with E-state index in [0.29, 0.717) is 5.56 Å². The van der Waals surface area contributed by atoms with Crippen LogP contribution in [0, 0.1) is 11.8 Å². The Morgan fingerprint density at radius 1 is 1.69 bits per heavy atom. The summed E-state index contributed by atoms with van der Waals surface area (Å²) in [7, 11) is 1.86. The van der Waals surface area contributed by atoms with Gasteiger partial charge in [0.2, 0.25) is 0 Å². The first-order chi connectivity index (χ1) is 6.34. The Hall–Kier alpha value is -1.60. The van der Waals surface area contributed by atoms with Crippen molar-refractivity contribution in [2.75, 3.05) is 13.6 Å². The van der Waals surface area contributed by atoms with E-state index in [1.165, 1.54) is 12.5 Å². The normalized spacial score (nSPS) is 9.00. The fourth-order valence-corrected chi connectivity index (χ4v) is 0.778. The van der Waals surface area contributed by atoms with E-state index in [2.05, 4.69) is 27.1 Å². The smallest absolute Gasteiger partial charge is 0.266 e. The molecular weight excluding hydrogens is 166 g/mol. The highest BCUT2D eigenvalue weighted by Crippen LogP contribution is 1.81. The van der Waals surface area contributed by atoms with Crippen LogP contribution >= 0.6 is 0 Å². The van der Waals surface area contributed by atoms with E-state index >= 15 is 0 Å². The van der Waals surface area contributed by atoms with Crippen LogP contribution in [-0.2, 0) is 0 Å². The standard InChI is InChI=1S/C9H11N3O/c1-10-5-3-2-4-8-6-11-7-12-9(8)13/h6-7,10H,3,5H2,1H3,(H,11,12,13). The number of rotatable bonds is 2. The van der Waals surface area contributed by atoms with Crippen LogP contribution in [0.25, 0.3) is 0 Å². The van der Waals surface area contributed by atoms with Crippen molar-refractivity contribution in [2.24, 2.45) is 0 Å². The fourth-order valence-electron chi connectivity index (χ4n) is 0.778. The van der Waals surface area contributed by atoms with E-state index in [0.717, 1.165) is 13.0 Å². The minimum Gasteiger partial charge on any atom is -0.319 e. The molecule has 0 bridgehead atoms. The van der Waals surface area contributed by atoms with E-state index < -0.39 is 0 Å².